The van der Waals surface area contributed by atoms with Crippen molar-refractivity contribution in [1.82, 2.24) is 4.98 Å². The van der Waals surface area contributed by atoms with Gasteiger partial charge in [0.25, 0.3) is 0 Å². The van der Waals surface area contributed by atoms with Gasteiger partial charge in [0, 0.05) is 16.5 Å². The number of hydrogen-bond donors (Lipinski definition) is 2. The zero-order valence-corrected chi connectivity index (χ0v) is 12.6. The van der Waals surface area contributed by atoms with Crippen LogP contribution in [0.3, 0.4) is 0 Å². The molecule has 0 radical (unpaired) electrons. The zero-order valence-electron chi connectivity index (χ0n) is 11.7. The Kier molecular flexibility index (Phi) is 4.17. The van der Waals surface area contributed by atoms with Gasteiger partial charge in [0.1, 0.15) is 11.6 Å². The summed E-state index contributed by atoms with van der Waals surface area (Å²) in [6.07, 6.45) is 2.07. The molecule has 0 bridgehead atoms. The van der Waals surface area contributed by atoms with E-state index >= 15 is 0 Å². The number of nitrogens with one attached hydrogen (secondary N) is 1. The number of aromatic nitrogens is 1. The van der Waals surface area contributed by atoms with Crippen LogP contribution < -0.4 is 11.1 Å². The summed E-state index contributed by atoms with van der Waals surface area (Å²) in [6, 6.07) is 3.66. The lowest BCUT2D eigenvalue weighted by Crippen LogP contribution is -2.27. The largest absolute Gasteiger partial charge is 0.327 e. The topological polar surface area (TPSA) is 68.0 Å². The number of aryl methyl sites for hydroxylation is 1. The Morgan fingerprint density at radius 3 is 2.86 bits per heavy atom. The molecule has 1 aromatic heterocycles. The Morgan fingerprint density at radius 2 is 2.14 bits per heavy atom. The van der Waals surface area contributed by atoms with Gasteiger partial charge >= 0.3 is 0 Å². The van der Waals surface area contributed by atoms with E-state index in [0.29, 0.717) is 5.13 Å². The molecule has 3 N–H and O–H groups in total. The van der Waals surface area contributed by atoms with Crippen molar-refractivity contribution in [3.8, 4) is 0 Å². The van der Waals surface area contributed by atoms with Crippen molar-refractivity contribution in [2.45, 2.75) is 31.7 Å². The fourth-order valence-corrected chi connectivity index (χ4v) is 3.60. The maximum Gasteiger partial charge on any atom is 0.230 e. The SMILES string of the molecule is N[C@H]1CCc2nc(NC(=O)Cc3c(F)cccc3F)sc2C1. The van der Waals surface area contributed by atoms with Crippen LogP contribution >= 0.6 is 11.3 Å². The Balaban J connectivity index is 1.70. The smallest absolute Gasteiger partial charge is 0.230 e. The maximum absolute atomic E-state index is 13.5. The van der Waals surface area contributed by atoms with Gasteiger partial charge in [-0.1, -0.05) is 6.07 Å². The summed E-state index contributed by atoms with van der Waals surface area (Å²) in [4.78, 5) is 17.4. The lowest BCUT2D eigenvalue weighted by Gasteiger charge is -2.15. The molecular weight excluding hydrogens is 308 g/mol. The molecule has 0 saturated heterocycles. The second-order valence-corrected chi connectivity index (χ2v) is 6.40. The van der Waals surface area contributed by atoms with Crippen LogP contribution in [0.2, 0.25) is 0 Å². The third-order valence-electron chi connectivity index (χ3n) is 3.62. The molecule has 1 aliphatic rings. The number of amides is 1. The molecule has 4 nitrogen and oxygen atoms in total. The van der Waals surface area contributed by atoms with Gasteiger partial charge in [-0.2, -0.15) is 0 Å². The van der Waals surface area contributed by atoms with Crippen LogP contribution in [0.25, 0.3) is 0 Å². The number of carbonyl (C=O) groups is 1. The van der Waals surface area contributed by atoms with Crippen molar-refractivity contribution in [3.05, 3.63) is 46.0 Å². The molecule has 0 unspecified atom stereocenters. The van der Waals surface area contributed by atoms with Gasteiger partial charge in [-0.3, -0.25) is 4.79 Å². The van der Waals surface area contributed by atoms with E-state index in [0.717, 1.165) is 42.0 Å². The molecule has 1 atom stereocenters. The average molecular weight is 323 g/mol. The molecule has 0 saturated carbocycles. The zero-order chi connectivity index (χ0) is 15.7. The highest BCUT2D eigenvalue weighted by Gasteiger charge is 2.21. The number of nitrogens with two attached hydrogens (primary N) is 1. The number of fused-ring (bicyclic) bond motifs is 1. The molecule has 1 amide bonds. The summed E-state index contributed by atoms with van der Waals surface area (Å²) >= 11 is 1.38. The van der Waals surface area contributed by atoms with Crippen molar-refractivity contribution in [1.29, 1.82) is 0 Å². The Hall–Kier alpha value is -1.86. The Labute approximate surface area is 130 Å². The van der Waals surface area contributed by atoms with E-state index < -0.39 is 17.5 Å². The molecular formula is C15H15F2N3OS. The summed E-state index contributed by atoms with van der Waals surface area (Å²) in [5, 5.41) is 3.07. The number of rotatable bonds is 3. The molecule has 0 aliphatic heterocycles. The first-order chi connectivity index (χ1) is 10.5. The molecule has 3 rings (SSSR count). The van der Waals surface area contributed by atoms with Gasteiger partial charge < -0.3 is 11.1 Å². The number of carbonyl (C=O) groups excluding carboxylic acids is 1. The van der Waals surface area contributed by atoms with E-state index in [2.05, 4.69) is 10.3 Å². The molecule has 2 aromatic rings. The molecule has 116 valence electrons. The van der Waals surface area contributed by atoms with E-state index in [-0.39, 0.29) is 18.0 Å². The quantitative estimate of drug-likeness (QED) is 0.911. The highest BCUT2D eigenvalue weighted by molar-refractivity contribution is 7.15. The molecule has 7 heteroatoms. The van der Waals surface area contributed by atoms with Crippen molar-refractivity contribution in [2.24, 2.45) is 5.73 Å². The summed E-state index contributed by atoms with van der Waals surface area (Å²) in [5.74, 6) is -1.93. The van der Waals surface area contributed by atoms with Crippen molar-refractivity contribution in [2.75, 3.05) is 5.32 Å². The molecule has 1 aliphatic carbocycles. The molecule has 22 heavy (non-hydrogen) atoms. The minimum absolute atomic E-state index is 0.129. The summed E-state index contributed by atoms with van der Waals surface area (Å²) in [5.41, 5.74) is 6.63. The first-order valence-corrected chi connectivity index (χ1v) is 7.81. The van der Waals surface area contributed by atoms with E-state index in [1.54, 1.807) is 0 Å². The van der Waals surface area contributed by atoms with Gasteiger partial charge in [0.05, 0.1) is 12.1 Å². The van der Waals surface area contributed by atoms with Crippen LogP contribution in [0.5, 0.6) is 0 Å². The maximum atomic E-state index is 13.5. The van der Waals surface area contributed by atoms with E-state index in [9.17, 15) is 13.6 Å². The first-order valence-electron chi connectivity index (χ1n) is 7.00. The standard InChI is InChI=1S/C15H15F2N3OS/c16-10-2-1-3-11(17)9(10)7-14(21)20-15-19-12-5-4-8(18)6-13(12)22-15/h1-3,8H,4-7,18H2,(H,19,20,21)/t8-/m0/s1. The third kappa shape index (κ3) is 3.15. The van der Waals surface area contributed by atoms with Crippen molar-refractivity contribution in [3.63, 3.8) is 0 Å². The summed E-state index contributed by atoms with van der Waals surface area (Å²) in [6.45, 7) is 0. The summed E-state index contributed by atoms with van der Waals surface area (Å²) < 4.78 is 27.1. The second-order valence-electron chi connectivity index (χ2n) is 5.32. The van der Waals surface area contributed by atoms with Crippen LogP contribution in [-0.4, -0.2) is 16.9 Å². The Bertz CT molecular complexity index is 697. The number of thiazole rings is 1. The molecule has 1 heterocycles. The number of nitrogens with zero attached hydrogens (tertiary/aromatic N) is 1. The van der Waals surface area contributed by atoms with Crippen LogP contribution in [-0.2, 0) is 24.1 Å². The number of anilines is 1. The Morgan fingerprint density at radius 1 is 1.41 bits per heavy atom. The lowest BCUT2D eigenvalue weighted by molar-refractivity contribution is -0.115. The van der Waals surface area contributed by atoms with Crippen molar-refractivity contribution < 1.29 is 13.6 Å². The van der Waals surface area contributed by atoms with Crippen LogP contribution in [0.4, 0.5) is 13.9 Å². The van der Waals surface area contributed by atoms with Gasteiger partial charge in [-0.05, 0) is 31.4 Å². The van der Waals surface area contributed by atoms with Gasteiger partial charge in [0.15, 0.2) is 5.13 Å². The van der Waals surface area contributed by atoms with Gasteiger partial charge in [-0.15, -0.1) is 11.3 Å². The van der Waals surface area contributed by atoms with Gasteiger partial charge in [-0.25, -0.2) is 13.8 Å². The van der Waals surface area contributed by atoms with Crippen LogP contribution in [0, 0.1) is 11.6 Å². The highest BCUT2D eigenvalue weighted by Crippen LogP contribution is 2.29. The molecule has 0 fully saturated rings. The highest BCUT2D eigenvalue weighted by atomic mass is 32.1. The molecule has 0 spiro atoms. The number of benzene rings is 1. The normalized spacial score (nSPS) is 17.1. The minimum Gasteiger partial charge on any atom is -0.327 e. The monoisotopic (exact) mass is 323 g/mol. The predicted molar refractivity (Wildman–Crippen MR) is 80.8 cm³/mol. The summed E-state index contributed by atoms with van der Waals surface area (Å²) in [7, 11) is 0. The number of hydrogen-bond acceptors (Lipinski definition) is 4. The van der Waals surface area contributed by atoms with E-state index in [4.69, 9.17) is 5.73 Å². The van der Waals surface area contributed by atoms with Gasteiger partial charge in [0.2, 0.25) is 5.91 Å². The average Bonchev–Trinajstić information content (AvgIpc) is 2.84. The first kappa shape index (κ1) is 15.1. The van der Waals surface area contributed by atoms with Crippen LogP contribution in [0.1, 0.15) is 22.6 Å². The minimum atomic E-state index is -0.723. The lowest BCUT2D eigenvalue weighted by atomic mass is 9.99. The fraction of sp³-hybridized carbons (Fsp3) is 0.333. The molecule has 1 aromatic carbocycles. The van der Waals surface area contributed by atoms with E-state index in [1.807, 2.05) is 0 Å². The van der Waals surface area contributed by atoms with E-state index in [1.165, 1.54) is 17.4 Å². The third-order valence-corrected chi connectivity index (χ3v) is 4.66. The predicted octanol–water partition coefficient (Wildman–Crippen LogP) is 2.42. The van der Waals surface area contributed by atoms with Crippen molar-refractivity contribution >= 4 is 22.4 Å². The fourth-order valence-electron chi connectivity index (χ4n) is 2.48. The van der Waals surface area contributed by atoms with Crippen LogP contribution in [0.15, 0.2) is 18.2 Å². The number of halogens is 2. The second kappa shape index (κ2) is 6.10.